The number of phenols is 1. The predicted octanol–water partition coefficient (Wildman–Crippen LogP) is 4.55. The van der Waals surface area contributed by atoms with Crippen LogP contribution in [0.1, 0.15) is 16.4 Å². The molecule has 0 bridgehead atoms. The third-order valence-corrected chi connectivity index (χ3v) is 5.31. The fraction of sp³-hybridized carbons (Fsp3) is 0.136. The Labute approximate surface area is 163 Å². The van der Waals surface area contributed by atoms with E-state index in [0.717, 1.165) is 16.0 Å². The fourth-order valence-corrected chi connectivity index (χ4v) is 3.73. The molecule has 0 aliphatic rings. The average molecular weight is 379 g/mol. The van der Waals surface area contributed by atoms with Gasteiger partial charge in [0.15, 0.2) is 11.5 Å². The molecule has 3 rings (SSSR count). The molecule has 0 saturated heterocycles. The quantitative estimate of drug-likeness (QED) is 0.591. The number of benzene rings is 3. The first-order chi connectivity index (χ1) is 13.2. The molecule has 5 heteroatoms. The van der Waals surface area contributed by atoms with Gasteiger partial charge in [0, 0.05) is 11.4 Å². The van der Waals surface area contributed by atoms with Crippen molar-refractivity contribution in [2.24, 2.45) is 0 Å². The van der Waals surface area contributed by atoms with Crippen LogP contribution in [0, 0.1) is 0 Å². The lowest BCUT2D eigenvalue weighted by molar-refractivity contribution is -0.120. The molecule has 0 aromatic heterocycles. The zero-order valence-corrected chi connectivity index (χ0v) is 15.8. The molecule has 3 aromatic rings. The minimum atomic E-state index is -0.361. The van der Waals surface area contributed by atoms with Crippen molar-refractivity contribution in [3.8, 4) is 11.5 Å². The highest BCUT2D eigenvalue weighted by Crippen LogP contribution is 2.35. The Morgan fingerprint density at radius 1 is 1.04 bits per heavy atom. The first-order valence-corrected chi connectivity index (χ1v) is 9.45. The molecule has 0 saturated carbocycles. The number of thioether (sulfide) groups is 1. The van der Waals surface area contributed by atoms with Gasteiger partial charge in [-0.3, -0.25) is 4.79 Å². The number of aromatic hydroxyl groups is 1. The SMILES string of the molecule is COc1ccc(CNC(=O)C(Sc2ccccc2)c2ccccc2)cc1O. The van der Waals surface area contributed by atoms with E-state index in [4.69, 9.17) is 4.74 Å². The molecule has 138 valence electrons. The van der Waals surface area contributed by atoms with Crippen molar-refractivity contribution in [3.63, 3.8) is 0 Å². The number of amides is 1. The lowest BCUT2D eigenvalue weighted by atomic mass is 10.1. The predicted molar refractivity (Wildman–Crippen MR) is 108 cm³/mol. The third kappa shape index (κ3) is 5.05. The molecule has 4 nitrogen and oxygen atoms in total. The van der Waals surface area contributed by atoms with Crippen LogP contribution >= 0.6 is 11.8 Å². The molecule has 0 radical (unpaired) electrons. The summed E-state index contributed by atoms with van der Waals surface area (Å²) in [7, 11) is 1.50. The number of hydrogen-bond acceptors (Lipinski definition) is 4. The molecule has 1 unspecified atom stereocenters. The van der Waals surface area contributed by atoms with Crippen LogP contribution in [0.2, 0.25) is 0 Å². The van der Waals surface area contributed by atoms with Gasteiger partial charge < -0.3 is 15.2 Å². The number of methoxy groups -OCH3 is 1. The van der Waals surface area contributed by atoms with Gasteiger partial charge in [0.1, 0.15) is 5.25 Å². The lowest BCUT2D eigenvalue weighted by Gasteiger charge is -2.17. The maximum Gasteiger partial charge on any atom is 0.238 e. The third-order valence-electron chi connectivity index (χ3n) is 4.05. The summed E-state index contributed by atoms with van der Waals surface area (Å²) < 4.78 is 5.05. The maximum atomic E-state index is 12.9. The highest BCUT2D eigenvalue weighted by Gasteiger charge is 2.21. The van der Waals surface area contributed by atoms with Crippen LogP contribution in [0.4, 0.5) is 0 Å². The van der Waals surface area contributed by atoms with E-state index >= 15 is 0 Å². The second kappa shape index (κ2) is 9.14. The monoisotopic (exact) mass is 379 g/mol. The van der Waals surface area contributed by atoms with Gasteiger partial charge in [0.2, 0.25) is 5.91 Å². The van der Waals surface area contributed by atoms with Crippen molar-refractivity contribution in [2.45, 2.75) is 16.7 Å². The summed E-state index contributed by atoms with van der Waals surface area (Å²) in [6, 6.07) is 24.7. The van der Waals surface area contributed by atoms with E-state index in [1.165, 1.54) is 18.9 Å². The van der Waals surface area contributed by atoms with Crippen molar-refractivity contribution >= 4 is 17.7 Å². The van der Waals surface area contributed by atoms with Crippen LogP contribution in [0.3, 0.4) is 0 Å². The summed E-state index contributed by atoms with van der Waals surface area (Å²) in [6.07, 6.45) is 0. The fourth-order valence-electron chi connectivity index (χ4n) is 2.66. The number of carbonyl (C=O) groups is 1. The zero-order valence-electron chi connectivity index (χ0n) is 15.0. The van der Waals surface area contributed by atoms with Crippen molar-refractivity contribution in [2.75, 3.05) is 7.11 Å². The summed E-state index contributed by atoms with van der Waals surface area (Å²) in [4.78, 5) is 13.9. The number of ether oxygens (including phenoxy) is 1. The second-order valence-electron chi connectivity index (χ2n) is 5.95. The Morgan fingerprint density at radius 2 is 1.70 bits per heavy atom. The van der Waals surface area contributed by atoms with E-state index in [9.17, 15) is 9.90 Å². The van der Waals surface area contributed by atoms with Crippen molar-refractivity contribution in [1.29, 1.82) is 0 Å². The first kappa shape index (κ1) is 18.9. The molecule has 0 aliphatic carbocycles. The van der Waals surface area contributed by atoms with Gasteiger partial charge in [0.25, 0.3) is 0 Å². The maximum absolute atomic E-state index is 12.9. The molecule has 0 spiro atoms. The van der Waals surface area contributed by atoms with E-state index in [1.54, 1.807) is 12.1 Å². The molecular formula is C22H21NO3S. The van der Waals surface area contributed by atoms with Gasteiger partial charge in [-0.25, -0.2) is 0 Å². The van der Waals surface area contributed by atoms with E-state index in [0.29, 0.717) is 12.3 Å². The van der Waals surface area contributed by atoms with Crippen LogP contribution in [-0.4, -0.2) is 18.1 Å². The Kier molecular flexibility index (Phi) is 6.39. The van der Waals surface area contributed by atoms with Gasteiger partial charge in [-0.2, -0.15) is 0 Å². The largest absolute Gasteiger partial charge is 0.504 e. The summed E-state index contributed by atoms with van der Waals surface area (Å²) in [5, 5.41) is 12.5. The molecular weight excluding hydrogens is 358 g/mol. The Hall–Kier alpha value is -2.92. The summed E-state index contributed by atoms with van der Waals surface area (Å²) in [5.41, 5.74) is 1.75. The number of phenolic OH excluding ortho intramolecular Hbond substituents is 1. The molecule has 3 aromatic carbocycles. The minimum Gasteiger partial charge on any atom is -0.504 e. The standard InChI is InChI=1S/C22H21NO3S/c1-26-20-13-12-16(14-19(20)24)15-23-22(25)21(17-8-4-2-5-9-17)27-18-10-6-3-7-11-18/h2-14,21,24H,15H2,1H3,(H,23,25). The molecule has 2 N–H and O–H groups in total. The molecule has 0 heterocycles. The van der Waals surface area contributed by atoms with Crippen molar-refractivity contribution in [3.05, 3.63) is 90.0 Å². The normalized spacial score (nSPS) is 11.6. The Balaban J connectivity index is 1.74. The summed E-state index contributed by atoms with van der Waals surface area (Å²) in [6.45, 7) is 0.328. The number of nitrogens with one attached hydrogen (secondary N) is 1. The highest BCUT2D eigenvalue weighted by molar-refractivity contribution is 8.00. The van der Waals surface area contributed by atoms with Crippen LogP contribution in [-0.2, 0) is 11.3 Å². The van der Waals surface area contributed by atoms with E-state index in [2.05, 4.69) is 5.32 Å². The lowest BCUT2D eigenvalue weighted by Crippen LogP contribution is -2.27. The number of carbonyl (C=O) groups excluding carboxylic acids is 1. The number of hydrogen-bond donors (Lipinski definition) is 2. The minimum absolute atomic E-state index is 0.0579. The highest BCUT2D eigenvalue weighted by atomic mass is 32.2. The smallest absolute Gasteiger partial charge is 0.238 e. The van der Waals surface area contributed by atoms with Gasteiger partial charge >= 0.3 is 0 Å². The van der Waals surface area contributed by atoms with Crippen molar-refractivity contribution in [1.82, 2.24) is 5.32 Å². The Morgan fingerprint density at radius 3 is 2.33 bits per heavy atom. The molecule has 0 fully saturated rings. The zero-order chi connectivity index (χ0) is 19.1. The summed E-state index contributed by atoms with van der Waals surface area (Å²) in [5.74, 6) is 0.389. The molecule has 1 amide bonds. The second-order valence-corrected chi connectivity index (χ2v) is 7.12. The van der Waals surface area contributed by atoms with Crippen LogP contribution in [0.5, 0.6) is 11.5 Å². The summed E-state index contributed by atoms with van der Waals surface area (Å²) >= 11 is 1.51. The number of rotatable bonds is 7. The van der Waals surface area contributed by atoms with Crippen molar-refractivity contribution < 1.29 is 14.6 Å². The van der Waals surface area contributed by atoms with E-state index in [-0.39, 0.29) is 16.9 Å². The van der Waals surface area contributed by atoms with Gasteiger partial charge in [0.05, 0.1) is 7.11 Å². The average Bonchev–Trinajstić information content (AvgIpc) is 2.72. The first-order valence-electron chi connectivity index (χ1n) is 8.57. The Bertz CT molecular complexity index is 885. The molecule has 27 heavy (non-hydrogen) atoms. The van der Waals surface area contributed by atoms with E-state index < -0.39 is 0 Å². The molecule has 1 atom stereocenters. The van der Waals surface area contributed by atoms with Crippen LogP contribution in [0.25, 0.3) is 0 Å². The van der Waals surface area contributed by atoms with Crippen LogP contribution in [0.15, 0.2) is 83.8 Å². The van der Waals surface area contributed by atoms with Gasteiger partial charge in [-0.15, -0.1) is 11.8 Å². The van der Waals surface area contributed by atoms with Gasteiger partial charge in [-0.05, 0) is 35.4 Å². The van der Waals surface area contributed by atoms with Crippen LogP contribution < -0.4 is 10.1 Å². The van der Waals surface area contributed by atoms with Gasteiger partial charge in [-0.1, -0.05) is 54.6 Å². The van der Waals surface area contributed by atoms with E-state index in [1.807, 2.05) is 66.7 Å². The molecule has 0 aliphatic heterocycles. The topological polar surface area (TPSA) is 58.6 Å².